The highest BCUT2D eigenvalue weighted by atomic mass is 127. The fourth-order valence-corrected chi connectivity index (χ4v) is 6.56. The fraction of sp³-hybridized carbons (Fsp3) is 0.217. The topological polar surface area (TPSA) is 107 Å². The Bertz CT molecular complexity index is 1530. The van der Waals surface area contributed by atoms with Gasteiger partial charge in [0.1, 0.15) is 11.5 Å². The summed E-state index contributed by atoms with van der Waals surface area (Å²) in [5, 5.41) is 0.395. The van der Waals surface area contributed by atoms with Crippen molar-refractivity contribution in [2.45, 2.75) is 24.9 Å². The Morgan fingerprint density at radius 3 is 1.77 bits per heavy atom. The maximum Gasteiger partial charge on any atom is 0.438 e. The third kappa shape index (κ3) is 6.94. The summed E-state index contributed by atoms with van der Waals surface area (Å²) in [6.45, 7) is 1.75. The molecule has 0 unspecified atom stereocenters. The number of alkyl halides is 6. The van der Waals surface area contributed by atoms with Gasteiger partial charge in [0.15, 0.2) is 0 Å². The van der Waals surface area contributed by atoms with Gasteiger partial charge >= 0.3 is 29.9 Å². The average molecular weight is 802 g/mol. The monoisotopic (exact) mass is 802 g/mol. The summed E-state index contributed by atoms with van der Waals surface area (Å²) in [4.78, 5) is 25.1. The van der Waals surface area contributed by atoms with E-state index in [1.54, 1.807) is 19.1 Å². The van der Waals surface area contributed by atoms with Gasteiger partial charge in [-0.1, -0.05) is 12.1 Å². The van der Waals surface area contributed by atoms with Crippen LogP contribution in [-0.4, -0.2) is 48.6 Å². The number of carbonyl (C=O) groups is 2. The van der Waals surface area contributed by atoms with Gasteiger partial charge in [-0.25, -0.2) is 9.59 Å². The van der Waals surface area contributed by atoms with Gasteiger partial charge < -0.3 is 9.47 Å². The highest BCUT2D eigenvalue weighted by Crippen LogP contribution is 2.47. The summed E-state index contributed by atoms with van der Waals surface area (Å²) >= 11 is 4.10. The number of fused-ring (bicyclic) bond motifs is 1. The van der Waals surface area contributed by atoms with Crippen molar-refractivity contribution >= 4 is 78.0 Å². The van der Waals surface area contributed by atoms with Gasteiger partial charge in [-0.05, 0) is 105 Å². The molecule has 3 aromatic carbocycles. The summed E-state index contributed by atoms with van der Waals surface area (Å²) in [5.41, 5.74) is -5.55. The lowest BCUT2D eigenvalue weighted by molar-refractivity contribution is -0.356. The van der Waals surface area contributed by atoms with E-state index in [2.05, 4.69) is 27.3 Å². The van der Waals surface area contributed by atoms with Crippen molar-refractivity contribution in [2.24, 2.45) is 0 Å². The number of halogens is 8. The Kier molecular flexibility index (Phi) is 8.84. The summed E-state index contributed by atoms with van der Waals surface area (Å²) in [6, 6.07) is 10.3. The van der Waals surface area contributed by atoms with Crippen molar-refractivity contribution < 1.29 is 58.4 Å². The number of rotatable bonds is 6. The molecule has 0 spiro atoms. The summed E-state index contributed by atoms with van der Waals surface area (Å²) in [7, 11) is -5.92. The first-order chi connectivity index (χ1) is 17.7. The second kappa shape index (κ2) is 11.0. The van der Waals surface area contributed by atoms with E-state index in [0.717, 1.165) is 21.8 Å². The van der Waals surface area contributed by atoms with Gasteiger partial charge in [-0.2, -0.15) is 34.8 Å². The number of hydrogen-bond donors (Lipinski definition) is 1. The van der Waals surface area contributed by atoms with Crippen LogP contribution < -0.4 is 4.74 Å². The van der Waals surface area contributed by atoms with E-state index in [4.69, 9.17) is 9.29 Å². The van der Waals surface area contributed by atoms with Crippen molar-refractivity contribution in [3.63, 3.8) is 0 Å². The normalized spacial score (nSPS) is 12.9. The predicted molar refractivity (Wildman–Crippen MR) is 142 cm³/mol. The highest BCUT2D eigenvalue weighted by molar-refractivity contribution is 14.1. The minimum absolute atomic E-state index is 0.0629. The van der Waals surface area contributed by atoms with E-state index >= 15 is 0 Å². The zero-order chi connectivity index (χ0) is 29.6. The molecule has 0 heterocycles. The second-order valence-corrected chi connectivity index (χ2v) is 12.0. The SMILES string of the molecule is Cc1cc(I)cc(I)c1OC(=O)c1ccc2cc(C(=O)OC(CS(=O)(=O)O)(C(F)(F)F)C(F)(F)F)ccc2c1. The number of hydrogen-bond acceptors (Lipinski definition) is 6. The fourth-order valence-electron chi connectivity index (χ4n) is 3.41. The van der Waals surface area contributed by atoms with Crippen LogP contribution in [0.2, 0.25) is 0 Å². The predicted octanol–water partition coefficient (Wildman–Crippen LogP) is 6.48. The highest BCUT2D eigenvalue weighted by Gasteiger charge is 2.76. The first-order valence-corrected chi connectivity index (χ1v) is 14.0. The van der Waals surface area contributed by atoms with Gasteiger partial charge in [-0.3, -0.25) is 4.55 Å². The van der Waals surface area contributed by atoms with Crippen molar-refractivity contribution in [3.8, 4) is 5.75 Å². The summed E-state index contributed by atoms with van der Waals surface area (Å²) in [6.07, 6.45) is -12.9. The maximum absolute atomic E-state index is 13.5. The van der Waals surface area contributed by atoms with Crippen LogP contribution >= 0.6 is 45.2 Å². The van der Waals surface area contributed by atoms with Crippen molar-refractivity contribution in [3.05, 3.63) is 72.4 Å². The van der Waals surface area contributed by atoms with Gasteiger partial charge in [0, 0.05) is 3.57 Å². The van der Waals surface area contributed by atoms with Crippen LogP contribution in [0.5, 0.6) is 5.75 Å². The molecule has 0 saturated carbocycles. The third-order valence-electron chi connectivity index (χ3n) is 5.27. The van der Waals surface area contributed by atoms with E-state index in [1.807, 2.05) is 22.6 Å². The minimum atomic E-state index is -6.45. The van der Waals surface area contributed by atoms with E-state index in [1.165, 1.54) is 18.2 Å². The zero-order valence-corrected chi connectivity index (χ0v) is 24.3. The average Bonchev–Trinajstić information content (AvgIpc) is 2.77. The Morgan fingerprint density at radius 1 is 0.846 bits per heavy atom. The molecule has 0 amide bonds. The molecule has 210 valence electrons. The minimum Gasteiger partial charge on any atom is -0.435 e. The van der Waals surface area contributed by atoms with E-state index in [0.29, 0.717) is 14.9 Å². The molecule has 3 aromatic rings. The molecule has 0 aliphatic carbocycles. The molecule has 1 N–H and O–H groups in total. The number of benzene rings is 3. The Balaban J connectivity index is 1.93. The van der Waals surface area contributed by atoms with Gasteiger partial charge in [0.2, 0.25) is 0 Å². The van der Waals surface area contributed by atoms with Crippen LogP contribution in [0, 0.1) is 14.1 Å². The smallest absolute Gasteiger partial charge is 0.435 e. The summed E-state index contributed by atoms with van der Waals surface area (Å²) < 4.78 is 122. The molecule has 0 bridgehead atoms. The Morgan fingerprint density at radius 2 is 1.33 bits per heavy atom. The second-order valence-electron chi connectivity index (χ2n) is 8.14. The first kappa shape index (κ1) is 31.3. The quantitative estimate of drug-likeness (QED) is 0.100. The van der Waals surface area contributed by atoms with Crippen LogP contribution in [0.25, 0.3) is 10.8 Å². The first-order valence-electron chi connectivity index (χ1n) is 10.3. The number of esters is 2. The Labute approximate surface area is 243 Å². The standard InChI is InChI=1S/C23H14F6I2O7S/c1-11-6-16(30)9-17(31)18(11)37-19(32)14-4-2-13-8-15(5-3-12(13)7-14)20(33)38-21(22(24,25)26,23(27,28)29)10-39(34,35)36/h2-9H,10H2,1H3,(H,34,35,36). The van der Waals surface area contributed by atoms with E-state index < -0.39 is 51.3 Å². The largest absolute Gasteiger partial charge is 0.438 e. The molecular weight excluding hydrogens is 788 g/mol. The Hall–Kier alpha value is -2.19. The van der Waals surface area contributed by atoms with Crippen LogP contribution in [0.3, 0.4) is 0 Å². The molecular formula is C23H14F6I2O7S. The van der Waals surface area contributed by atoms with Crippen LogP contribution in [0.4, 0.5) is 26.3 Å². The molecule has 7 nitrogen and oxygen atoms in total. The lowest BCUT2D eigenvalue weighted by Gasteiger charge is -2.35. The molecule has 0 aromatic heterocycles. The number of carbonyl (C=O) groups excluding carboxylic acids is 2. The van der Waals surface area contributed by atoms with Gasteiger partial charge in [0.25, 0.3) is 10.1 Å². The molecule has 16 heteroatoms. The maximum atomic E-state index is 13.5. The molecule has 0 fully saturated rings. The van der Waals surface area contributed by atoms with Crippen LogP contribution in [-0.2, 0) is 14.9 Å². The lowest BCUT2D eigenvalue weighted by Crippen LogP contribution is -2.63. The van der Waals surface area contributed by atoms with Gasteiger partial charge in [0.05, 0.1) is 14.7 Å². The van der Waals surface area contributed by atoms with Crippen molar-refractivity contribution in [1.29, 1.82) is 0 Å². The van der Waals surface area contributed by atoms with Crippen LogP contribution in [0.1, 0.15) is 26.3 Å². The third-order valence-corrected chi connectivity index (χ3v) is 7.46. The number of ether oxygens (including phenoxy) is 2. The van der Waals surface area contributed by atoms with Gasteiger partial charge in [-0.15, -0.1) is 0 Å². The molecule has 0 atom stereocenters. The molecule has 0 saturated heterocycles. The number of aryl methyl sites for hydroxylation is 1. The molecule has 0 radical (unpaired) electrons. The molecule has 39 heavy (non-hydrogen) atoms. The molecule has 0 aliphatic rings. The summed E-state index contributed by atoms with van der Waals surface area (Å²) in [5.74, 6) is -5.55. The van der Waals surface area contributed by atoms with E-state index in [9.17, 15) is 44.3 Å². The van der Waals surface area contributed by atoms with E-state index in [-0.39, 0.29) is 16.3 Å². The molecule has 0 aliphatic heterocycles. The van der Waals surface area contributed by atoms with Crippen molar-refractivity contribution in [2.75, 3.05) is 5.75 Å². The van der Waals surface area contributed by atoms with Crippen molar-refractivity contribution in [1.82, 2.24) is 0 Å². The lowest BCUT2D eigenvalue weighted by atomic mass is 10.0. The van der Waals surface area contributed by atoms with Crippen LogP contribution in [0.15, 0.2) is 48.5 Å². The zero-order valence-electron chi connectivity index (χ0n) is 19.2. The molecule has 3 rings (SSSR count).